The molecule has 0 bridgehead atoms. The number of hydrogen-bond acceptors (Lipinski definition) is 6. The minimum atomic E-state index is -1.11. The van der Waals surface area contributed by atoms with Gasteiger partial charge < -0.3 is 9.84 Å². The second-order valence-corrected chi connectivity index (χ2v) is 5.46. The van der Waals surface area contributed by atoms with Crippen molar-refractivity contribution < 1.29 is 19.4 Å². The van der Waals surface area contributed by atoms with Crippen molar-refractivity contribution in [3.8, 4) is 0 Å². The Morgan fingerprint density at radius 1 is 1.19 bits per heavy atom. The number of fused-ring (bicyclic) bond motifs is 1. The quantitative estimate of drug-likeness (QED) is 0.553. The van der Waals surface area contributed by atoms with Gasteiger partial charge in [0, 0.05) is 6.20 Å². The molecule has 8 heteroatoms. The third-order valence-corrected chi connectivity index (χ3v) is 3.60. The average Bonchev–Trinajstić information content (AvgIpc) is 2.98. The third-order valence-electron chi connectivity index (χ3n) is 3.60. The highest BCUT2D eigenvalue weighted by atomic mass is 16.5. The molecule has 0 radical (unpaired) electrons. The lowest BCUT2D eigenvalue weighted by atomic mass is 10.2. The lowest BCUT2D eigenvalue weighted by molar-refractivity contribution is 0.0520. The number of carbonyl (C=O) groups excluding carboxylic acids is 1. The number of aryl methyl sites for hydroxylation is 1. The van der Waals surface area contributed by atoms with E-state index in [0.29, 0.717) is 5.65 Å². The van der Waals surface area contributed by atoms with Gasteiger partial charge in [0.1, 0.15) is 11.3 Å². The standard InChI is InChI=1S/C18H16N4O4/c1-3-26-18(25)15-16(22-10-11(2)8-9-14(22)19-15)21-20-13-7-5-4-6-12(13)17(23)24/h4-10H,3H2,1-2H3,(H,23,24). The molecule has 0 amide bonds. The number of rotatable bonds is 5. The van der Waals surface area contributed by atoms with Crippen molar-refractivity contribution in [3.05, 3.63) is 59.4 Å². The van der Waals surface area contributed by atoms with Crippen molar-refractivity contribution in [2.45, 2.75) is 13.8 Å². The largest absolute Gasteiger partial charge is 0.478 e. The fourth-order valence-electron chi connectivity index (χ4n) is 2.41. The van der Waals surface area contributed by atoms with E-state index in [2.05, 4.69) is 15.2 Å². The van der Waals surface area contributed by atoms with Gasteiger partial charge in [0.15, 0.2) is 11.5 Å². The normalized spacial score (nSPS) is 11.2. The molecule has 3 aromatic rings. The number of carbonyl (C=O) groups is 2. The molecule has 2 heterocycles. The minimum absolute atomic E-state index is 0.0129. The molecule has 0 spiro atoms. The number of benzene rings is 1. The van der Waals surface area contributed by atoms with Crippen LogP contribution >= 0.6 is 0 Å². The van der Waals surface area contributed by atoms with Crippen LogP contribution in [0.4, 0.5) is 11.5 Å². The molecule has 1 aromatic carbocycles. The summed E-state index contributed by atoms with van der Waals surface area (Å²) in [4.78, 5) is 27.8. The monoisotopic (exact) mass is 352 g/mol. The molecule has 26 heavy (non-hydrogen) atoms. The minimum Gasteiger partial charge on any atom is -0.478 e. The fourth-order valence-corrected chi connectivity index (χ4v) is 2.41. The number of carboxylic acid groups (broad SMARTS) is 1. The molecule has 0 atom stereocenters. The van der Waals surface area contributed by atoms with Crippen LogP contribution in [-0.4, -0.2) is 33.0 Å². The van der Waals surface area contributed by atoms with E-state index in [-0.39, 0.29) is 29.4 Å². The number of aromatic nitrogens is 2. The molecule has 0 aliphatic rings. The average molecular weight is 352 g/mol. The molecule has 3 rings (SSSR count). The van der Waals surface area contributed by atoms with Gasteiger partial charge in [-0.2, -0.15) is 0 Å². The predicted molar refractivity (Wildman–Crippen MR) is 93.5 cm³/mol. The van der Waals surface area contributed by atoms with Gasteiger partial charge in [-0.15, -0.1) is 10.2 Å². The summed E-state index contributed by atoms with van der Waals surface area (Å²) in [5.74, 6) is -1.55. The molecule has 0 aliphatic carbocycles. The molecular formula is C18H16N4O4. The molecule has 132 valence electrons. The highest BCUT2D eigenvalue weighted by Gasteiger charge is 2.20. The molecule has 0 saturated heterocycles. The summed E-state index contributed by atoms with van der Waals surface area (Å²) in [5.41, 5.74) is 1.66. The summed E-state index contributed by atoms with van der Waals surface area (Å²) in [7, 11) is 0. The molecular weight excluding hydrogens is 336 g/mol. The number of imidazole rings is 1. The van der Waals surface area contributed by atoms with Crippen molar-refractivity contribution in [2.75, 3.05) is 6.61 Å². The molecule has 0 fully saturated rings. The zero-order chi connectivity index (χ0) is 18.7. The van der Waals surface area contributed by atoms with Gasteiger partial charge >= 0.3 is 11.9 Å². The molecule has 2 aromatic heterocycles. The molecule has 1 N–H and O–H groups in total. The maximum atomic E-state index is 12.2. The Morgan fingerprint density at radius 3 is 2.69 bits per heavy atom. The first-order chi connectivity index (χ1) is 12.5. The summed E-state index contributed by atoms with van der Waals surface area (Å²) in [6.07, 6.45) is 1.77. The third kappa shape index (κ3) is 3.30. The number of pyridine rings is 1. The summed E-state index contributed by atoms with van der Waals surface area (Å²) < 4.78 is 6.65. The lowest BCUT2D eigenvalue weighted by Gasteiger charge is -2.01. The fraction of sp³-hybridized carbons (Fsp3) is 0.167. The van der Waals surface area contributed by atoms with Crippen molar-refractivity contribution in [1.82, 2.24) is 9.38 Å². The second kappa shape index (κ2) is 7.14. The van der Waals surface area contributed by atoms with E-state index in [1.165, 1.54) is 12.1 Å². The van der Waals surface area contributed by atoms with E-state index in [1.807, 2.05) is 13.0 Å². The highest BCUT2D eigenvalue weighted by Crippen LogP contribution is 2.27. The van der Waals surface area contributed by atoms with Gasteiger partial charge in [-0.05, 0) is 37.6 Å². The molecule has 0 aliphatic heterocycles. The van der Waals surface area contributed by atoms with Crippen LogP contribution in [-0.2, 0) is 4.74 Å². The lowest BCUT2D eigenvalue weighted by Crippen LogP contribution is -2.05. The maximum Gasteiger partial charge on any atom is 0.360 e. The van der Waals surface area contributed by atoms with Crippen LogP contribution in [0.1, 0.15) is 33.3 Å². The Hall–Kier alpha value is -3.55. The first kappa shape index (κ1) is 17.3. The Morgan fingerprint density at radius 2 is 1.96 bits per heavy atom. The van der Waals surface area contributed by atoms with Crippen molar-refractivity contribution in [1.29, 1.82) is 0 Å². The number of ether oxygens (including phenoxy) is 1. The number of esters is 1. The van der Waals surface area contributed by atoms with Crippen LogP contribution in [0.25, 0.3) is 5.65 Å². The van der Waals surface area contributed by atoms with Crippen LogP contribution in [0.2, 0.25) is 0 Å². The van der Waals surface area contributed by atoms with Crippen molar-refractivity contribution in [3.63, 3.8) is 0 Å². The van der Waals surface area contributed by atoms with E-state index in [1.54, 1.807) is 35.7 Å². The Balaban J connectivity index is 2.14. The van der Waals surface area contributed by atoms with Crippen LogP contribution in [0.5, 0.6) is 0 Å². The van der Waals surface area contributed by atoms with Crippen LogP contribution < -0.4 is 0 Å². The number of nitrogens with zero attached hydrogens (tertiary/aromatic N) is 4. The van der Waals surface area contributed by atoms with Crippen molar-refractivity contribution in [2.24, 2.45) is 10.2 Å². The van der Waals surface area contributed by atoms with E-state index in [0.717, 1.165) is 5.56 Å². The summed E-state index contributed by atoms with van der Waals surface area (Å²) >= 11 is 0. The highest BCUT2D eigenvalue weighted by molar-refractivity contribution is 5.94. The zero-order valence-corrected chi connectivity index (χ0v) is 14.2. The van der Waals surface area contributed by atoms with E-state index >= 15 is 0 Å². The topological polar surface area (TPSA) is 106 Å². The molecule has 0 unspecified atom stereocenters. The smallest absolute Gasteiger partial charge is 0.360 e. The summed E-state index contributed by atoms with van der Waals surface area (Å²) in [6.45, 7) is 3.79. The van der Waals surface area contributed by atoms with Gasteiger partial charge in [-0.3, -0.25) is 4.40 Å². The van der Waals surface area contributed by atoms with Gasteiger partial charge in [-0.25, -0.2) is 14.6 Å². The predicted octanol–water partition coefficient (Wildman–Crippen LogP) is 3.93. The first-order valence-electron chi connectivity index (χ1n) is 7.91. The van der Waals surface area contributed by atoms with Crippen LogP contribution in [0.15, 0.2) is 52.8 Å². The Kier molecular flexibility index (Phi) is 4.74. The van der Waals surface area contributed by atoms with Gasteiger partial charge in [0.05, 0.1) is 12.2 Å². The van der Waals surface area contributed by atoms with Gasteiger partial charge in [0.2, 0.25) is 0 Å². The maximum absolute atomic E-state index is 12.2. The summed E-state index contributed by atoms with van der Waals surface area (Å²) in [5, 5.41) is 17.4. The van der Waals surface area contributed by atoms with Crippen LogP contribution in [0, 0.1) is 6.92 Å². The SMILES string of the molecule is CCOC(=O)c1nc2ccc(C)cn2c1N=Nc1ccccc1C(=O)O. The molecule has 8 nitrogen and oxygen atoms in total. The van der Waals surface area contributed by atoms with Crippen molar-refractivity contribution >= 4 is 29.1 Å². The van der Waals surface area contributed by atoms with Gasteiger partial charge in [0.25, 0.3) is 0 Å². The van der Waals surface area contributed by atoms with Gasteiger partial charge in [-0.1, -0.05) is 18.2 Å². The number of hydrogen-bond donors (Lipinski definition) is 1. The summed E-state index contributed by atoms with van der Waals surface area (Å²) in [6, 6.07) is 9.84. The first-order valence-corrected chi connectivity index (χ1v) is 7.91. The van der Waals surface area contributed by atoms with E-state index in [9.17, 15) is 14.7 Å². The Bertz CT molecular complexity index is 1020. The van der Waals surface area contributed by atoms with E-state index in [4.69, 9.17) is 4.74 Å². The number of aromatic carboxylic acids is 1. The Labute approximate surface area is 148 Å². The second-order valence-electron chi connectivity index (χ2n) is 5.46. The van der Waals surface area contributed by atoms with Crippen LogP contribution in [0.3, 0.4) is 0 Å². The van der Waals surface area contributed by atoms with E-state index < -0.39 is 11.9 Å². The zero-order valence-electron chi connectivity index (χ0n) is 14.2. The number of azo groups is 1. The number of carboxylic acids is 1. The molecule has 0 saturated carbocycles.